The fraction of sp³-hybridized carbons (Fsp3) is 0.200. The van der Waals surface area contributed by atoms with E-state index >= 15 is 0 Å². The van der Waals surface area contributed by atoms with E-state index in [1.807, 2.05) is 18.2 Å². The molecule has 0 bridgehead atoms. The van der Waals surface area contributed by atoms with Gasteiger partial charge in [-0.05, 0) is 74.4 Å². The first-order valence-corrected chi connectivity index (χ1v) is 16.6. The standard InChI is InChI=1S/C30H27ClN4O3S3.ClH/c1-18(2)35-16-15-22-26(17-35)40-30(27(22)29-32-24-9-5-6-10-25(24)39-29)33-28(36)21-7-3-4-8-23(21)34-41(37,38)20-13-11-19(31)12-14-20;/h3-14,18,34H,15-17H2,1-2H3,(H,33,36);1H. The molecule has 3 aromatic carbocycles. The van der Waals surface area contributed by atoms with Crippen LogP contribution in [0.4, 0.5) is 10.7 Å². The van der Waals surface area contributed by atoms with Crippen molar-refractivity contribution in [3.05, 3.63) is 93.8 Å². The van der Waals surface area contributed by atoms with E-state index in [1.54, 1.807) is 46.9 Å². The number of fused-ring (bicyclic) bond motifs is 2. The maximum Gasteiger partial charge on any atom is 0.261 e. The van der Waals surface area contributed by atoms with Gasteiger partial charge in [0.25, 0.3) is 15.9 Å². The van der Waals surface area contributed by atoms with E-state index in [0.717, 1.165) is 45.3 Å². The van der Waals surface area contributed by atoms with Crippen molar-refractivity contribution >= 4 is 83.5 Å². The largest absolute Gasteiger partial charge is 0.313 e. The van der Waals surface area contributed by atoms with E-state index in [9.17, 15) is 13.2 Å². The van der Waals surface area contributed by atoms with Crippen molar-refractivity contribution < 1.29 is 13.2 Å². The van der Waals surface area contributed by atoms with Gasteiger partial charge in [-0.1, -0.05) is 35.9 Å². The molecule has 1 amide bonds. The molecular weight excluding hydrogens is 631 g/mol. The van der Waals surface area contributed by atoms with Crippen molar-refractivity contribution in [2.45, 2.75) is 37.8 Å². The lowest BCUT2D eigenvalue weighted by Crippen LogP contribution is -2.35. The third-order valence-electron chi connectivity index (χ3n) is 7.09. The highest BCUT2D eigenvalue weighted by atomic mass is 35.5. The summed E-state index contributed by atoms with van der Waals surface area (Å²) in [6, 6.07) is 20.9. The first-order valence-electron chi connectivity index (χ1n) is 13.1. The van der Waals surface area contributed by atoms with Crippen LogP contribution in [0, 0.1) is 0 Å². The highest BCUT2D eigenvalue weighted by Gasteiger charge is 2.29. The zero-order valence-corrected chi connectivity index (χ0v) is 26.8. The molecule has 2 aromatic heterocycles. The Bertz CT molecular complexity index is 1840. The molecule has 0 saturated heterocycles. The van der Waals surface area contributed by atoms with Gasteiger partial charge in [-0.2, -0.15) is 0 Å². The maximum absolute atomic E-state index is 13.8. The highest BCUT2D eigenvalue weighted by Crippen LogP contribution is 2.46. The molecule has 218 valence electrons. The molecule has 6 rings (SSSR count). The molecule has 0 unspecified atom stereocenters. The summed E-state index contributed by atoms with van der Waals surface area (Å²) in [5.41, 5.74) is 3.51. The Morgan fingerprint density at radius 2 is 1.71 bits per heavy atom. The lowest BCUT2D eigenvalue weighted by atomic mass is 10.0. The quantitative estimate of drug-likeness (QED) is 0.185. The molecule has 0 fully saturated rings. The molecule has 1 aliphatic rings. The number of carbonyl (C=O) groups is 1. The fourth-order valence-electron chi connectivity index (χ4n) is 4.92. The minimum atomic E-state index is -3.94. The van der Waals surface area contributed by atoms with Crippen LogP contribution < -0.4 is 10.0 Å². The first kappa shape index (κ1) is 30.5. The van der Waals surface area contributed by atoms with Gasteiger partial charge in [0.05, 0.1) is 26.4 Å². The number of hydrogen-bond acceptors (Lipinski definition) is 7. The van der Waals surface area contributed by atoms with Gasteiger partial charge < -0.3 is 5.32 Å². The van der Waals surface area contributed by atoms with Gasteiger partial charge in [-0.3, -0.25) is 14.4 Å². The lowest BCUT2D eigenvalue weighted by molar-refractivity contribution is 0.102. The number of sulfonamides is 1. The number of halogens is 2. The van der Waals surface area contributed by atoms with E-state index in [2.05, 4.69) is 34.9 Å². The second-order valence-corrected chi connectivity index (χ2v) is 14.3. The van der Waals surface area contributed by atoms with Crippen molar-refractivity contribution in [2.24, 2.45) is 0 Å². The van der Waals surface area contributed by atoms with Crippen LogP contribution in [0.5, 0.6) is 0 Å². The number of carbonyl (C=O) groups excluding carboxylic acids is 1. The van der Waals surface area contributed by atoms with Crippen LogP contribution in [-0.2, 0) is 23.0 Å². The Morgan fingerprint density at radius 3 is 2.45 bits per heavy atom. The van der Waals surface area contributed by atoms with E-state index < -0.39 is 15.9 Å². The molecular formula is C30H28Cl2N4O3S3. The molecule has 0 saturated carbocycles. The molecule has 1 aliphatic heterocycles. The molecule has 42 heavy (non-hydrogen) atoms. The Morgan fingerprint density at radius 1 is 1.00 bits per heavy atom. The fourth-order valence-corrected chi connectivity index (χ4v) is 8.50. The second-order valence-electron chi connectivity index (χ2n) is 10.1. The number of nitrogens with zero attached hydrogens (tertiary/aromatic N) is 2. The zero-order valence-electron chi connectivity index (χ0n) is 22.8. The van der Waals surface area contributed by atoms with Crippen LogP contribution >= 0.6 is 46.7 Å². The molecule has 5 aromatic rings. The summed E-state index contributed by atoms with van der Waals surface area (Å²) in [7, 11) is -3.94. The number of anilines is 2. The normalized spacial score (nSPS) is 13.5. The zero-order chi connectivity index (χ0) is 28.7. The monoisotopic (exact) mass is 658 g/mol. The summed E-state index contributed by atoms with van der Waals surface area (Å²) in [5, 5.41) is 5.14. The van der Waals surface area contributed by atoms with Crippen LogP contribution in [0.25, 0.3) is 20.8 Å². The van der Waals surface area contributed by atoms with Gasteiger partial charge >= 0.3 is 0 Å². The van der Waals surface area contributed by atoms with Gasteiger partial charge in [-0.15, -0.1) is 35.1 Å². The molecule has 0 radical (unpaired) electrons. The molecule has 0 spiro atoms. The number of benzene rings is 3. The van der Waals surface area contributed by atoms with Crippen molar-refractivity contribution in [3.63, 3.8) is 0 Å². The summed E-state index contributed by atoms with van der Waals surface area (Å²) in [6.07, 6.45) is 0.864. The third kappa shape index (κ3) is 6.06. The van der Waals surface area contributed by atoms with Crippen molar-refractivity contribution in [1.29, 1.82) is 0 Å². The first-order chi connectivity index (χ1) is 19.7. The van der Waals surface area contributed by atoms with Crippen LogP contribution in [0.2, 0.25) is 5.02 Å². The van der Waals surface area contributed by atoms with E-state index in [-0.39, 0.29) is 28.6 Å². The number of nitrogens with one attached hydrogen (secondary N) is 2. The van der Waals surface area contributed by atoms with Crippen LogP contribution in [0.1, 0.15) is 34.6 Å². The van der Waals surface area contributed by atoms with Crippen LogP contribution in [-0.4, -0.2) is 36.8 Å². The molecule has 0 atom stereocenters. The summed E-state index contributed by atoms with van der Waals surface area (Å²) in [5.74, 6) is -0.402. The van der Waals surface area contributed by atoms with Gasteiger partial charge in [0.15, 0.2) is 0 Å². The predicted molar refractivity (Wildman–Crippen MR) is 176 cm³/mol. The number of thiophene rings is 1. The Hall–Kier alpha value is -2.99. The number of rotatable bonds is 7. The number of hydrogen-bond donors (Lipinski definition) is 2. The van der Waals surface area contributed by atoms with E-state index in [1.165, 1.54) is 34.7 Å². The van der Waals surface area contributed by atoms with Crippen molar-refractivity contribution in [2.75, 3.05) is 16.6 Å². The Balaban J connectivity index is 0.00000353. The minimum absolute atomic E-state index is 0. The van der Waals surface area contributed by atoms with Crippen LogP contribution in [0.3, 0.4) is 0 Å². The number of thiazole rings is 1. The third-order valence-corrected chi connectivity index (χ3v) is 10.9. The summed E-state index contributed by atoms with van der Waals surface area (Å²) < 4.78 is 29.8. The molecule has 2 N–H and O–H groups in total. The summed E-state index contributed by atoms with van der Waals surface area (Å²) in [4.78, 5) is 22.4. The average molecular weight is 660 g/mol. The number of amides is 1. The topological polar surface area (TPSA) is 91.4 Å². The van der Waals surface area contributed by atoms with Gasteiger partial charge in [0, 0.05) is 34.6 Å². The number of para-hydroxylation sites is 2. The second kappa shape index (κ2) is 12.3. The maximum atomic E-state index is 13.8. The summed E-state index contributed by atoms with van der Waals surface area (Å²) >= 11 is 9.11. The lowest BCUT2D eigenvalue weighted by Gasteiger charge is -2.30. The Kier molecular flexibility index (Phi) is 8.94. The predicted octanol–water partition coefficient (Wildman–Crippen LogP) is 7.92. The molecule has 0 aliphatic carbocycles. The van der Waals surface area contributed by atoms with Crippen LogP contribution in [0.15, 0.2) is 77.7 Å². The van der Waals surface area contributed by atoms with Gasteiger partial charge in [-0.25, -0.2) is 13.4 Å². The van der Waals surface area contributed by atoms with E-state index in [4.69, 9.17) is 16.6 Å². The number of aromatic nitrogens is 1. The van der Waals surface area contributed by atoms with Crippen molar-refractivity contribution in [1.82, 2.24) is 9.88 Å². The molecule has 12 heteroatoms. The summed E-state index contributed by atoms with van der Waals surface area (Å²) in [6.45, 7) is 6.13. The smallest absolute Gasteiger partial charge is 0.261 e. The molecule has 3 heterocycles. The molecule has 7 nitrogen and oxygen atoms in total. The van der Waals surface area contributed by atoms with Gasteiger partial charge in [0.2, 0.25) is 0 Å². The minimum Gasteiger partial charge on any atom is -0.313 e. The van der Waals surface area contributed by atoms with E-state index in [0.29, 0.717) is 11.1 Å². The SMILES string of the molecule is CC(C)N1CCc2c(sc(NC(=O)c3ccccc3NS(=O)(=O)c3ccc(Cl)cc3)c2-c2nc3ccccc3s2)C1.Cl. The average Bonchev–Trinajstić information content (AvgIpc) is 3.53. The highest BCUT2D eigenvalue weighted by molar-refractivity contribution is 7.92. The van der Waals surface area contributed by atoms with Crippen molar-refractivity contribution in [3.8, 4) is 10.6 Å². The van der Waals surface area contributed by atoms with Gasteiger partial charge in [0.1, 0.15) is 10.0 Å². The Labute approximate surface area is 264 Å².